The van der Waals surface area contributed by atoms with Crippen LogP contribution in [0.1, 0.15) is 23.5 Å². The van der Waals surface area contributed by atoms with E-state index in [-0.39, 0.29) is 18.2 Å². The molecule has 5 rings (SSSR count). The number of hydrogen-bond acceptors (Lipinski definition) is 5. The number of anilines is 1. The number of hydrogen-bond donors (Lipinski definition) is 0. The van der Waals surface area contributed by atoms with Crippen LogP contribution >= 0.6 is 11.8 Å². The summed E-state index contributed by atoms with van der Waals surface area (Å²) in [5.41, 5.74) is 3.85. The number of carbonyl (C=O) groups excluding carboxylic acids is 1. The summed E-state index contributed by atoms with van der Waals surface area (Å²) in [5, 5.41) is 13.1. The second kappa shape index (κ2) is 8.25. The molecule has 3 aromatic rings. The number of methoxy groups -OCH3 is 1. The van der Waals surface area contributed by atoms with Crippen LogP contribution in [0.5, 0.6) is 5.75 Å². The average Bonchev–Trinajstić information content (AvgIpc) is 2.83. The minimum absolute atomic E-state index is 0.0322. The van der Waals surface area contributed by atoms with Crippen LogP contribution in [0.25, 0.3) is 10.8 Å². The van der Waals surface area contributed by atoms with Gasteiger partial charge in [0, 0.05) is 23.6 Å². The van der Waals surface area contributed by atoms with Crippen molar-refractivity contribution in [2.75, 3.05) is 24.6 Å². The predicted molar refractivity (Wildman–Crippen MR) is 128 cm³/mol. The molecule has 0 unspecified atom stereocenters. The monoisotopic (exact) mass is 441 g/mol. The standard InChI is InChI=1S/C26H23N3O2S/c1-17-7-3-6-10-22(17)28-15-29-24(30)13-20(21(14-27)26(29)32-16-28)25-19-9-5-4-8-18(19)11-12-23(25)31-2/h3-12,20H,13,15-16H2,1-2H3/t20-/m1/s1. The normalized spacial score (nSPS) is 18.5. The predicted octanol–water partition coefficient (Wildman–Crippen LogP) is 5.38. The molecule has 2 heterocycles. The van der Waals surface area contributed by atoms with Gasteiger partial charge in [0.2, 0.25) is 5.91 Å². The fourth-order valence-corrected chi connectivity index (χ4v) is 5.85. The van der Waals surface area contributed by atoms with E-state index in [9.17, 15) is 10.1 Å². The fraction of sp³-hybridized carbons (Fsp3) is 0.231. The molecule has 32 heavy (non-hydrogen) atoms. The Kier molecular flexibility index (Phi) is 5.28. The van der Waals surface area contributed by atoms with Crippen molar-refractivity contribution < 1.29 is 9.53 Å². The Morgan fingerprint density at radius 2 is 1.88 bits per heavy atom. The lowest BCUT2D eigenvalue weighted by Gasteiger charge is -2.42. The van der Waals surface area contributed by atoms with Crippen LogP contribution in [0.15, 0.2) is 71.3 Å². The van der Waals surface area contributed by atoms with E-state index < -0.39 is 0 Å². The zero-order chi connectivity index (χ0) is 22.2. The Balaban J connectivity index is 1.59. The van der Waals surface area contributed by atoms with Gasteiger partial charge in [-0.25, -0.2) is 0 Å². The molecule has 0 spiro atoms. The minimum Gasteiger partial charge on any atom is -0.496 e. The lowest BCUT2D eigenvalue weighted by atomic mass is 9.83. The van der Waals surface area contributed by atoms with Crippen molar-refractivity contribution in [3.8, 4) is 11.8 Å². The third-order valence-electron chi connectivity index (χ3n) is 6.25. The molecule has 0 N–H and O–H groups in total. The number of allylic oxidation sites excluding steroid dienone is 1. The Morgan fingerprint density at radius 1 is 1.09 bits per heavy atom. The van der Waals surface area contributed by atoms with E-state index >= 15 is 0 Å². The molecule has 0 radical (unpaired) electrons. The zero-order valence-electron chi connectivity index (χ0n) is 18.0. The van der Waals surface area contributed by atoms with Gasteiger partial charge in [0.05, 0.1) is 36.3 Å². The van der Waals surface area contributed by atoms with Crippen molar-refractivity contribution >= 4 is 34.1 Å². The van der Waals surface area contributed by atoms with Crippen molar-refractivity contribution in [1.29, 1.82) is 5.26 Å². The number of para-hydroxylation sites is 1. The van der Waals surface area contributed by atoms with Crippen LogP contribution in [0, 0.1) is 18.3 Å². The molecule has 5 nitrogen and oxygen atoms in total. The number of rotatable bonds is 3. The van der Waals surface area contributed by atoms with Gasteiger partial charge in [-0.3, -0.25) is 9.69 Å². The number of nitriles is 1. The second-order valence-corrected chi connectivity index (χ2v) is 8.99. The summed E-state index contributed by atoms with van der Waals surface area (Å²) in [7, 11) is 1.64. The number of benzene rings is 3. The largest absolute Gasteiger partial charge is 0.496 e. The molecule has 3 aromatic carbocycles. The maximum Gasteiger partial charge on any atom is 0.229 e. The number of carbonyl (C=O) groups is 1. The molecule has 0 aromatic heterocycles. The first-order valence-corrected chi connectivity index (χ1v) is 11.5. The minimum atomic E-state index is -0.322. The molecule has 1 saturated heterocycles. The van der Waals surface area contributed by atoms with Crippen LogP contribution in [-0.4, -0.2) is 30.5 Å². The highest BCUT2D eigenvalue weighted by molar-refractivity contribution is 8.03. The molecule has 0 aliphatic carbocycles. The zero-order valence-corrected chi connectivity index (χ0v) is 18.9. The summed E-state index contributed by atoms with van der Waals surface area (Å²) in [6.45, 7) is 2.53. The Labute approximate surface area is 191 Å². The molecule has 1 fully saturated rings. The van der Waals surface area contributed by atoms with Crippen LogP contribution in [0.3, 0.4) is 0 Å². The highest BCUT2D eigenvalue weighted by Gasteiger charge is 2.40. The third kappa shape index (κ3) is 3.30. The summed E-state index contributed by atoms with van der Waals surface area (Å²) < 4.78 is 5.69. The third-order valence-corrected chi connectivity index (χ3v) is 7.40. The van der Waals surface area contributed by atoms with Crippen LogP contribution in [0.4, 0.5) is 5.69 Å². The molecule has 1 amide bonds. The Hall–Kier alpha value is -3.43. The van der Waals surface area contributed by atoms with Crippen LogP contribution in [0.2, 0.25) is 0 Å². The number of nitrogens with zero attached hydrogens (tertiary/aromatic N) is 3. The van der Waals surface area contributed by atoms with Crippen LogP contribution in [-0.2, 0) is 4.79 Å². The molecular formula is C26H23N3O2S. The molecule has 2 aliphatic heterocycles. The smallest absolute Gasteiger partial charge is 0.229 e. The molecule has 2 aliphatic rings. The van der Waals surface area contributed by atoms with Crippen molar-refractivity contribution in [1.82, 2.24) is 4.90 Å². The quantitative estimate of drug-likeness (QED) is 0.546. The van der Waals surface area contributed by atoms with Gasteiger partial charge in [0.25, 0.3) is 0 Å². The van der Waals surface area contributed by atoms with Gasteiger partial charge in [-0.1, -0.05) is 60.3 Å². The van der Waals surface area contributed by atoms with Crippen molar-refractivity contribution in [3.63, 3.8) is 0 Å². The van der Waals surface area contributed by atoms with Gasteiger partial charge in [-0.15, -0.1) is 0 Å². The van der Waals surface area contributed by atoms with Crippen LogP contribution < -0.4 is 9.64 Å². The summed E-state index contributed by atoms with van der Waals surface area (Å²) in [6.07, 6.45) is 0.249. The molecule has 6 heteroatoms. The van der Waals surface area contributed by atoms with Gasteiger partial charge >= 0.3 is 0 Å². The van der Waals surface area contributed by atoms with Crippen molar-refractivity contribution in [2.24, 2.45) is 0 Å². The summed E-state index contributed by atoms with van der Waals surface area (Å²) in [4.78, 5) is 17.3. The number of amides is 1. The molecular weight excluding hydrogens is 418 g/mol. The maximum atomic E-state index is 13.4. The van der Waals surface area contributed by atoms with Gasteiger partial charge in [0.15, 0.2) is 0 Å². The van der Waals surface area contributed by atoms with E-state index in [0.717, 1.165) is 27.1 Å². The second-order valence-electron chi connectivity index (χ2n) is 8.05. The summed E-state index contributed by atoms with van der Waals surface area (Å²) in [5.74, 6) is 1.11. The SMILES string of the molecule is COc1ccc2ccccc2c1[C@@H]1CC(=O)N2CN(c3ccccc3C)CSC2=C1C#N. The first kappa shape index (κ1) is 20.5. The first-order valence-electron chi connectivity index (χ1n) is 10.6. The molecule has 0 bridgehead atoms. The van der Waals surface area contributed by atoms with Crippen molar-refractivity contribution in [2.45, 2.75) is 19.3 Å². The fourth-order valence-electron chi connectivity index (χ4n) is 4.69. The lowest BCUT2D eigenvalue weighted by molar-refractivity contribution is -0.129. The number of fused-ring (bicyclic) bond motifs is 2. The number of thioether (sulfide) groups is 1. The highest BCUT2D eigenvalue weighted by atomic mass is 32.2. The topological polar surface area (TPSA) is 56.6 Å². The molecule has 1 atom stereocenters. The summed E-state index contributed by atoms with van der Waals surface area (Å²) >= 11 is 1.56. The van der Waals surface area contributed by atoms with E-state index in [1.807, 2.05) is 48.5 Å². The Morgan fingerprint density at radius 3 is 2.66 bits per heavy atom. The van der Waals surface area contributed by atoms with Gasteiger partial charge in [0.1, 0.15) is 5.75 Å². The van der Waals surface area contributed by atoms with E-state index in [1.165, 1.54) is 5.56 Å². The van der Waals surface area contributed by atoms with Gasteiger partial charge < -0.3 is 9.64 Å². The average molecular weight is 442 g/mol. The van der Waals surface area contributed by atoms with Crippen molar-refractivity contribution in [3.05, 3.63) is 82.4 Å². The molecule has 160 valence electrons. The van der Waals surface area contributed by atoms with E-state index in [4.69, 9.17) is 4.74 Å². The first-order chi connectivity index (χ1) is 15.6. The summed E-state index contributed by atoms with van der Waals surface area (Å²) in [6, 6.07) is 22.6. The number of ether oxygens (including phenoxy) is 1. The highest BCUT2D eigenvalue weighted by Crippen LogP contribution is 2.47. The number of aryl methyl sites for hydroxylation is 1. The van der Waals surface area contributed by atoms with E-state index in [1.54, 1.807) is 23.8 Å². The van der Waals surface area contributed by atoms with Gasteiger partial charge in [-0.2, -0.15) is 5.26 Å². The Bertz CT molecular complexity index is 1290. The molecule has 0 saturated carbocycles. The van der Waals surface area contributed by atoms with Gasteiger partial charge in [-0.05, 0) is 35.4 Å². The van der Waals surface area contributed by atoms with E-state index in [0.29, 0.717) is 23.9 Å². The maximum absolute atomic E-state index is 13.4. The van der Waals surface area contributed by atoms with E-state index in [2.05, 4.69) is 30.0 Å². The lowest BCUT2D eigenvalue weighted by Crippen LogP contribution is -2.47.